The maximum atomic E-state index is 2.40. The van der Waals surface area contributed by atoms with Crippen LogP contribution in [0.25, 0.3) is 0 Å². The molecule has 0 saturated carbocycles. The molecule has 1 atom stereocenters. The zero-order valence-corrected chi connectivity index (χ0v) is 9.43. The molecule has 0 nitrogen and oxygen atoms in total. The summed E-state index contributed by atoms with van der Waals surface area (Å²) < 4.78 is 0. The fraction of sp³-hybridized carbons (Fsp3) is 0.692. The maximum Gasteiger partial charge on any atom is 0.00253 e. The minimum atomic E-state index is 0.463. The molecule has 74 valence electrons. The van der Waals surface area contributed by atoms with Gasteiger partial charge in [-0.05, 0) is 31.6 Å². The summed E-state index contributed by atoms with van der Waals surface area (Å²) in [5.74, 6) is 0.668. The van der Waals surface area contributed by atoms with Crippen molar-refractivity contribution in [2.24, 2.45) is 11.3 Å². The van der Waals surface area contributed by atoms with Crippen molar-refractivity contribution in [1.82, 2.24) is 0 Å². The Kier molecular flexibility index (Phi) is 3.35. The first-order valence-electron chi connectivity index (χ1n) is 5.41. The first-order chi connectivity index (χ1) is 6.08. The van der Waals surface area contributed by atoms with Crippen molar-refractivity contribution in [2.45, 2.75) is 47.0 Å². The number of hydrogen-bond acceptors (Lipinski definition) is 0. The van der Waals surface area contributed by atoms with Crippen molar-refractivity contribution >= 4 is 0 Å². The molecule has 1 rings (SSSR count). The summed E-state index contributed by atoms with van der Waals surface area (Å²) in [4.78, 5) is 0. The normalized spacial score (nSPS) is 27.7. The van der Waals surface area contributed by atoms with Crippen molar-refractivity contribution in [1.29, 1.82) is 0 Å². The molecule has 0 heterocycles. The van der Waals surface area contributed by atoms with Gasteiger partial charge in [0.2, 0.25) is 0 Å². The summed E-state index contributed by atoms with van der Waals surface area (Å²) >= 11 is 0. The lowest BCUT2D eigenvalue weighted by molar-refractivity contribution is 0.255. The van der Waals surface area contributed by atoms with Crippen LogP contribution in [0.15, 0.2) is 23.8 Å². The van der Waals surface area contributed by atoms with E-state index in [-0.39, 0.29) is 0 Å². The third kappa shape index (κ3) is 2.46. The number of allylic oxidation sites excluding steroid dienone is 4. The highest BCUT2D eigenvalue weighted by atomic mass is 14.3. The van der Waals surface area contributed by atoms with Gasteiger partial charge in [0.15, 0.2) is 0 Å². The topological polar surface area (TPSA) is 0 Å². The second kappa shape index (κ2) is 4.13. The molecular formula is C13H22. The fourth-order valence-electron chi connectivity index (χ4n) is 2.26. The monoisotopic (exact) mass is 178 g/mol. The average molecular weight is 178 g/mol. The minimum Gasteiger partial charge on any atom is -0.0882 e. The van der Waals surface area contributed by atoms with Gasteiger partial charge < -0.3 is 0 Å². The molecule has 0 radical (unpaired) electrons. The average Bonchev–Trinajstić information content (AvgIpc) is 2.02. The zero-order valence-electron chi connectivity index (χ0n) is 9.43. The maximum absolute atomic E-state index is 2.40. The Morgan fingerprint density at radius 3 is 2.77 bits per heavy atom. The van der Waals surface area contributed by atoms with Crippen molar-refractivity contribution in [3.63, 3.8) is 0 Å². The van der Waals surface area contributed by atoms with E-state index < -0.39 is 0 Å². The van der Waals surface area contributed by atoms with E-state index in [1.807, 2.05) is 0 Å². The first-order valence-corrected chi connectivity index (χ1v) is 5.41. The first kappa shape index (κ1) is 10.6. The Hall–Kier alpha value is -0.520. The molecule has 0 fully saturated rings. The summed E-state index contributed by atoms with van der Waals surface area (Å²) in [5.41, 5.74) is 2.02. The largest absolute Gasteiger partial charge is 0.0882 e. The molecule has 13 heavy (non-hydrogen) atoms. The van der Waals surface area contributed by atoms with E-state index in [1.165, 1.54) is 12.8 Å². The fourth-order valence-corrected chi connectivity index (χ4v) is 2.26. The van der Waals surface area contributed by atoms with E-state index in [4.69, 9.17) is 0 Å². The lowest BCUT2D eigenvalue weighted by Gasteiger charge is -2.36. The highest BCUT2D eigenvalue weighted by Crippen LogP contribution is 2.41. The molecule has 1 unspecified atom stereocenters. The van der Waals surface area contributed by atoms with Crippen LogP contribution in [0.2, 0.25) is 0 Å². The van der Waals surface area contributed by atoms with Gasteiger partial charge in [0.05, 0.1) is 0 Å². The lowest BCUT2D eigenvalue weighted by Crippen LogP contribution is -2.26. The predicted octanol–water partition coefficient (Wildman–Crippen LogP) is 4.34. The number of rotatable bonds is 2. The van der Waals surface area contributed by atoms with E-state index in [2.05, 4.69) is 45.9 Å². The Balaban J connectivity index is 2.81. The predicted molar refractivity (Wildman–Crippen MR) is 59.7 cm³/mol. The molecule has 0 aliphatic heterocycles. The van der Waals surface area contributed by atoms with E-state index in [9.17, 15) is 0 Å². The van der Waals surface area contributed by atoms with E-state index >= 15 is 0 Å². The second-order valence-corrected chi connectivity index (χ2v) is 4.79. The van der Waals surface area contributed by atoms with Gasteiger partial charge in [-0.15, -0.1) is 0 Å². The molecule has 1 aliphatic carbocycles. The van der Waals surface area contributed by atoms with Gasteiger partial charge in [-0.25, -0.2) is 0 Å². The third-order valence-electron chi connectivity index (χ3n) is 3.15. The molecule has 0 aromatic rings. The van der Waals surface area contributed by atoms with Crippen LogP contribution in [-0.2, 0) is 0 Å². The molecule has 0 saturated heterocycles. The molecular weight excluding hydrogens is 156 g/mol. The van der Waals surface area contributed by atoms with Gasteiger partial charge in [0.25, 0.3) is 0 Å². The van der Waals surface area contributed by atoms with E-state index in [0.717, 1.165) is 6.42 Å². The standard InChI is InChI=1S/C13H22/c1-5-6-9-12-11(2)8-7-10-13(12,3)4/h6,8-9,12H,5,7,10H2,1-4H3. The summed E-state index contributed by atoms with van der Waals surface area (Å²) in [6.45, 7) is 9.24. The van der Waals surface area contributed by atoms with Crippen molar-refractivity contribution < 1.29 is 0 Å². The lowest BCUT2D eigenvalue weighted by atomic mass is 9.68. The van der Waals surface area contributed by atoms with Crippen molar-refractivity contribution in [3.8, 4) is 0 Å². The molecule has 0 amide bonds. The Morgan fingerprint density at radius 1 is 1.54 bits per heavy atom. The van der Waals surface area contributed by atoms with Gasteiger partial charge in [-0.2, -0.15) is 0 Å². The van der Waals surface area contributed by atoms with E-state index in [1.54, 1.807) is 5.57 Å². The van der Waals surface area contributed by atoms with Crippen LogP contribution < -0.4 is 0 Å². The summed E-state index contributed by atoms with van der Waals surface area (Å²) in [6.07, 6.45) is 10.8. The molecule has 0 N–H and O–H groups in total. The van der Waals surface area contributed by atoms with Crippen LogP contribution in [0.4, 0.5) is 0 Å². The van der Waals surface area contributed by atoms with Gasteiger partial charge in [0.1, 0.15) is 0 Å². The molecule has 0 bridgehead atoms. The number of hydrogen-bond donors (Lipinski definition) is 0. The zero-order chi connectivity index (χ0) is 9.90. The van der Waals surface area contributed by atoms with Gasteiger partial charge in [-0.3, -0.25) is 0 Å². The molecule has 0 heteroatoms. The molecule has 0 spiro atoms. The van der Waals surface area contributed by atoms with Crippen LogP contribution >= 0.6 is 0 Å². The van der Waals surface area contributed by atoms with Crippen molar-refractivity contribution in [2.75, 3.05) is 0 Å². The van der Waals surface area contributed by atoms with Crippen LogP contribution in [-0.4, -0.2) is 0 Å². The van der Waals surface area contributed by atoms with Gasteiger partial charge >= 0.3 is 0 Å². The van der Waals surface area contributed by atoms with Crippen molar-refractivity contribution in [3.05, 3.63) is 23.8 Å². The van der Waals surface area contributed by atoms with Crippen LogP contribution in [0.3, 0.4) is 0 Å². The minimum absolute atomic E-state index is 0.463. The molecule has 0 aromatic heterocycles. The highest BCUT2D eigenvalue weighted by molar-refractivity contribution is 5.18. The van der Waals surface area contributed by atoms with Gasteiger partial charge in [0, 0.05) is 5.92 Å². The quantitative estimate of drug-likeness (QED) is 0.552. The Morgan fingerprint density at radius 2 is 2.23 bits per heavy atom. The smallest absolute Gasteiger partial charge is 0.00253 e. The summed E-state index contributed by atoms with van der Waals surface area (Å²) in [5, 5.41) is 0. The highest BCUT2D eigenvalue weighted by Gasteiger charge is 2.30. The van der Waals surface area contributed by atoms with Gasteiger partial charge in [-0.1, -0.05) is 44.6 Å². The molecule has 1 aliphatic rings. The van der Waals surface area contributed by atoms with Crippen LogP contribution in [0, 0.1) is 11.3 Å². The Labute approximate surface area is 82.7 Å². The SMILES string of the molecule is CCC=CC1C(C)=CCCC1(C)C. The summed E-state index contributed by atoms with van der Waals surface area (Å²) in [6, 6.07) is 0. The van der Waals surface area contributed by atoms with Crippen LogP contribution in [0.5, 0.6) is 0 Å². The summed E-state index contributed by atoms with van der Waals surface area (Å²) in [7, 11) is 0. The molecule has 0 aromatic carbocycles. The third-order valence-corrected chi connectivity index (χ3v) is 3.15. The van der Waals surface area contributed by atoms with E-state index in [0.29, 0.717) is 11.3 Å². The van der Waals surface area contributed by atoms with Crippen LogP contribution in [0.1, 0.15) is 47.0 Å². The second-order valence-electron chi connectivity index (χ2n) is 4.79. The Bertz CT molecular complexity index is 218.